The van der Waals surface area contributed by atoms with Gasteiger partial charge >= 0.3 is 0 Å². The van der Waals surface area contributed by atoms with E-state index in [1.54, 1.807) is 17.0 Å². The lowest BCUT2D eigenvalue weighted by Crippen LogP contribution is -2.44. The van der Waals surface area contributed by atoms with Gasteiger partial charge in [-0.05, 0) is 24.3 Å². The van der Waals surface area contributed by atoms with Crippen LogP contribution in [0.2, 0.25) is 0 Å². The molecule has 4 nitrogen and oxygen atoms in total. The molecule has 0 atom stereocenters. The van der Waals surface area contributed by atoms with E-state index >= 15 is 0 Å². The summed E-state index contributed by atoms with van der Waals surface area (Å²) in [5, 5.41) is 0. The second-order valence-corrected chi connectivity index (χ2v) is 5.20. The molecular formula is C17H17FN2O2. The molecule has 0 aliphatic carbocycles. The topological polar surface area (TPSA) is 32.8 Å². The summed E-state index contributed by atoms with van der Waals surface area (Å²) < 4.78 is 18.5. The Kier molecular flexibility index (Phi) is 3.96. The highest BCUT2D eigenvalue weighted by molar-refractivity contribution is 5.98. The molecule has 0 unspecified atom stereocenters. The number of para-hydroxylation sites is 2. The normalized spacial score (nSPS) is 13.7. The molecule has 2 aromatic carbocycles. The fourth-order valence-electron chi connectivity index (χ4n) is 2.54. The highest BCUT2D eigenvalue weighted by atomic mass is 19.1. The van der Waals surface area contributed by atoms with Gasteiger partial charge in [0, 0.05) is 26.2 Å². The number of ether oxygens (including phenoxy) is 1. The van der Waals surface area contributed by atoms with Gasteiger partial charge in [-0.1, -0.05) is 18.2 Å². The Morgan fingerprint density at radius 2 is 1.91 bits per heavy atom. The van der Waals surface area contributed by atoms with E-state index in [4.69, 9.17) is 4.74 Å². The molecule has 0 radical (unpaired) electrons. The number of amides is 1. The Labute approximate surface area is 128 Å². The van der Waals surface area contributed by atoms with Gasteiger partial charge in [0.15, 0.2) is 6.61 Å². The predicted octanol–water partition coefficient (Wildman–Crippen LogP) is 2.69. The maximum atomic E-state index is 13.1. The van der Waals surface area contributed by atoms with Gasteiger partial charge in [-0.2, -0.15) is 0 Å². The first-order valence-corrected chi connectivity index (χ1v) is 7.14. The predicted molar refractivity (Wildman–Crippen MR) is 84.0 cm³/mol. The van der Waals surface area contributed by atoms with Crippen LogP contribution in [0.3, 0.4) is 0 Å². The highest BCUT2D eigenvalue weighted by Gasteiger charge is 2.24. The van der Waals surface area contributed by atoms with Crippen molar-refractivity contribution in [1.82, 2.24) is 0 Å². The summed E-state index contributed by atoms with van der Waals surface area (Å²) in [5.41, 5.74) is 1.90. The second kappa shape index (κ2) is 6.05. The molecule has 0 aromatic heterocycles. The third-order valence-electron chi connectivity index (χ3n) is 3.70. The number of fused-ring (bicyclic) bond motifs is 1. The largest absolute Gasteiger partial charge is 0.484 e. The molecule has 1 heterocycles. The summed E-state index contributed by atoms with van der Waals surface area (Å²) in [7, 11) is 2.00. The van der Waals surface area contributed by atoms with Crippen LogP contribution >= 0.6 is 0 Å². The summed E-state index contributed by atoms with van der Waals surface area (Å²) in [6.45, 7) is 1.27. The van der Waals surface area contributed by atoms with Gasteiger partial charge in [0.1, 0.15) is 11.6 Å². The number of halogens is 1. The van der Waals surface area contributed by atoms with Crippen LogP contribution in [0.15, 0.2) is 48.5 Å². The van der Waals surface area contributed by atoms with Crippen molar-refractivity contribution in [2.24, 2.45) is 0 Å². The van der Waals surface area contributed by atoms with E-state index in [0.717, 1.165) is 17.9 Å². The molecule has 1 aliphatic heterocycles. The van der Waals surface area contributed by atoms with Crippen molar-refractivity contribution in [1.29, 1.82) is 0 Å². The van der Waals surface area contributed by atoms with Crippen molar-refractivity contribution in [2.45, 2.75) is 0 Å². The van der Waals surface area contributed by atoms with Crippen molar-refractivity contribution in [3.63, 3.8) is 0 Å². The van der Waals surface area contributed by atoms with E-state index in [-0.39, 0.29) is 18.3 Å². The molecule has 0 saturated carbocycles. The molecule has 0 bridgehead atoms. The van der Waals surface area contributed by atoms with Crippen LogP contribution in [-0.2, 0) is 4.79 Å². The van der Waals surface area contributed by atoms with Gasteiger partial charge in [0.25, 0.3) is 5.91 Å². The van der Waals surface area contributed by atoms with Crippen molar-refractivity contribution in [2.75, 3.05) is 36.5 Å². The molecule has 22 heavy (non-hydrogen) atoms. The Balaban J connectivity index is 1.72. The summed E-state index contributed by atoms with van der Waals surface area (Å²) in [5.74, 6) is -0.157. The first kappa shape index (κ1) is 14.4. The SMILES string of the molecule is CN1CCN(C(=O)COc2cccc(F)c2)c2ccccc21. The van der Waals surface area contributed by atoms with Gasteiger partial charge in [0.2, 0.25) is 0 Å². The Hall–Kier alpha value is -2.56. The molecule has 1 aliphatic rings. The van der Waals surface area contributed by atoms with E-state index in [1.165, 1.54) is 12.1 Å². The number of anilines is 2. The minimum Gasteiger partial charge on any atom is -0.484 e. The van der Waals surface area contributed by atoms with E-state index in [9.17, 15) is 9.18 Å². The van der Waals surface area contributed by atoms with Gasteiger partial charge in [-0.25, -0.2) is 4.39 Å². The molecule has 0 spiro atoms. The van der Waals surface area contributed by atoms with Crippen LogP contribution in [0.1, 0.15) is 0 Å². The molecule has 3 rings (SSSR count). The molecule has 5 heteroatoms. The van der Waals surface area contributed by atoms with E-state index in [0.29, 0.717) is 12.3 Å². The van der Waals surface area contributed by atoms with Crippen LogP contribution < -0.4 is 14.5 Å². The number of carbonyl (C=O) groups is 1. The van der Waals surface area contributed by atoms with Crippen molar-refractivity contribution < 1.29 is 13.9 Å². The summed E-state index contributed by atoms with van der Waals surface area (Å²) in [4.78, 5) is 16.2. The smallest absolute Gasteiger partial charge is 0.265 e. The van der Waals surface area contributed by atoms with Gasteiger partial charge in [-0.15, -0.1) is 0 Å². The van der Waals surface area contributed by atoms with Gasteiger partial charge < -0.3 is 14.5 Å². The van der Waals surface area contributed by atoms with Gasteiger partial charge in [-0.3, -0.25) is 4.79 Å². The first-order valence-electron chi connectivity index (χ1n) is 7.14. The number of benzene rings is 2. The molecular weight excluding hydrogens is 283 g/mol. The third kappa shape index (κ3) is 2.88. The van der Waals surface area contributed by atoms with Crippen LogP contribution in [-0.4, -0.2) is 32.7 Å². The van der Waals surface area contributed by atoms with Crippen molar-refractivity contribution in [3.05, 3.63) is 54.3 Å². The fourth-order valence-corrected chi connectivity index (χ4v) is 2.54. The maximum Gasteiger partial charge on any atom is 0.265 e. The second-order valence-electron chi connectivity index (χ2n) is 5.20. The van der Waals surface area contributed by atoms with E-state index in [1.807, 2.05) is 31.3 Å². The molecule has 0 saturated heterocycles. The number of hydrogen-bond acceptors (Lipinski definition) is 3. The average molecular weight is 300 g/mol. The Morgan fingerprint density at radius 3 is 2.68 bits per heavy atom. The number of carbonyl (C=O) groups excluding carboxylic acids is 1. The summed E-state index contributed by atoms with van der Waals surface area (Å²) in [6.07, 6.45) is 0. The molecule has 1 amide bonds. The summed E-state index contributed by atoms with van der Waals surface area (Å²) in [6, 6.07) is 13.6. The molecule has 2 aromatic rings. The zero-order chi connectivity index (χ0) is 15.5. The molecule has 0 fully saturated rings. The maximum absolute atomic E-state index is 13.1. The Bertz CT molecular complexity index is 690. The zero-order valence-corrected chi connectivity index (χ0v) is 12.3. The minimum atomic E-state index is -0.380. The third-order valence-corrected chi connectivity index (χ3v) is 3.70. The first-order chi connectivity index (χ1) is 10.6. The average Bonchev–Trinajstić information content (AvgIpc) is 2.53. The quantitative estimate of drug-likeness (QED) is 0.873. The van der Waals surface area contributed by atoms with Crippen LogP contribution in [0, 0.1) is 5.82 Å². The minimum absolute atomic E-state index is 0.110. The zero-order valence-electron chi connectivity index (χ0n) is 12.3. The Morgan fingerprint density at radius 1 is 1.14 bits per heavy atom. The highest BCUT2D eigenvalue weighted by Crippen LogP contribution is 2.31. The van der Waals surface area contributed by atoms with Crippen molar-refractivity contribution >= 4 is 17.3 Å². The lowest BCUT2D eigenvalue weighted by atomic mass is 10.1. The van der Waals surface area contributed by atoms with Gasteiger partial charge in [0.05, 0.1) is 11.4 Å². The van der Waals surface area contributed by atoms with Crippen LogP contribution in [0.5, 0.6) is 5.75 Å². The number of hydrogen-bond donors (Lipinski definition) is 0. The standard InChI is InChI=1S/C17H17FN2O2/c1-19-9-10-20(16-8-3-2-7-15(16)19)17(21)12-22-14-6-4-5-13(18)11-14/h2-8,11H,9-10,12H2,1H3. The van der Waals surface area contributed by atoms with Crippen LogP contribution in [0.25, 0.3) is 0 Å². The monoisotopic (exact) mass is 300 g/mol. The van der Waals surface area contributed by atoms with Crippen LogP contribution in [0.4, 0.5) is 15.8 Å². The number of rotatable bonds is 3. The van der Waals surface area contributed by atoms with Crippen molar-refractivity contribution in [3.8, 4) is 5.75 Å². The lowest BCUT2D eigenvalue weighted by molar-refractivity contribution is -0.120. The van der Waals surface area contributed by atoms with E-state index < -0.39 is 0 Å². The summed E-state index contributed by atoms with van der Waals surface area (Å²) >= 11 is 0. The van der Waals surface area contributed by atoms with E-state index in [2.05, 4.69) is 4.90 Å². The number of likely N-dealkylation sites (N-methyl/N-ethyl adjacent to an activating group) is 1. The molecule has 0 N–H and O–H groups in total. The molecule has 114 valence electrons. The number of nitrogens with zero attached hydrogens (tertiary/aromatic N) is 2. The lowest BCUT2D eigenvalue weighted by Gasteiger charge is -2.35. The fraction of sp³-hybridized carbons (Fsp3) is 0.235.